The van der Waals surface area contributed by atoms with Crippen molar-refractivity contribution in [3.63, 3.8) is 0 Å². The maximum Gasteiger partial charge on any atom is 0.257 e. The first-order chi connectivity index (χ1) is 14.0. The highest BCUT2D eigenvalue weighted by Crippen LogP contribution is 2.33. The first-order valence-electron chi connectivity index (χ1n) is 8.53. The van der Waals surface area contributed by atoms with E-state index in [1.165, 1.54) is 24.3 Å². The molecule has 0 aliphatic heterocycles. The Balaban J connectivity index is 1.52. The van der Waals surface area contributed by atoms with E-state index in [1.54, 1.807) is 17.4 Å². The lowest BCUT2D eigenvalue weighted by Crippen LogP contribution is -2.34. The molecule has 29 heavy (non-hydrogen) atoms. The Bertz CT molecular complexity index is 1190. The molecular weight excluding hydrogens is 429 g/mol. The molecule has 0 aliphatic rings. The first kappa shape index (κ1) is 19.4. The van der Waals surface area contributed by atoms with Gasteiger partial charge in [0.25, 0.3) is 5.91 Å². The van der Waals surface area contributed by atoms with Crippen LogP contribution in [0.2, 0.25) is 5.02 Å². The molecule has 0 spiro atoms. The van der Waals surface area contributed by atoms with Gasteiger partial charge in [0.05, 0.1) is 20.9 Å². The number of thiazole rings is 1. The Hall–Kier alpha value is -2.87. The van der Waals surface area contributed by atoms with E-state index < -0.39 is 11.7 Å². The molecule has 0 saturated carbocycles. The maximum atomic E-state index is 13.0. The number of anilines is 1. The fourth-order valence-electron chi connectivity index (χ4n) is 2.68. The van der Waals surface area contributed by atoms with Gasteiger partial charge in [0.2, 0.25) is 0 Å². The number of thiocarbonyl (C=S) groups is 1. The third-order valence-corrected chi connectivity index (χ3v) is 5.71. The zero-order chi connectivity index (χ0) is 20.4. The first-order valence-corrected chi connectivity index (χ1v) is 10.1. The van der Waals surface area contributed by atoms with Gasteiger partial charge in [-0.2, -0.15) is 0 Å². The predicted octanol–water partition coefficient (Wildman–Crippen LogP) is 5.88. The zero-order valence-corrected chi connectivity index (χ0v) is 17.2. The largest absolute Gasteiger partial charge is 0.331 e. The molecule has 0 saturated heterocycles. The topological polar surface area (TPSA) is 54.0 Å². The quantitative estimate of drug-likeness (QED) is 0.390. The van der Waals surface area contributed by atoms with Gasteiger partial charge in [-0.05, 0) is 60.7 Å². The highest BCUT2D eigenvalue weighted by atomic mass is 35.5. The summed E-state index contributed by atoms with van der Waals surface area (Å²) in [6.45, 7) is 0. The molecule has 2 N–H and O–H groups in total. The minimum Gasteiger partial charge on any atom is -0.331 e. The SMILES string of the molecule is O=C(NC(=S)Nc1cc(-c2nc3ccccc3s2)ccc1Cl)c1ccc(F)cc1. The van der Waals surface area contributed by atoms with Crippen LogP contribution in [-0.2, 0) is 0 Å². The fourth-order valence-corrected chi connectivity index (χ4v) is 4.01. The lowest BCUT2D eigenvalue weighted by Gasteiger charge is -2.12. The van der Waals surface area contributed by atoms with Crippen LogP contribution in [0.25, 0.3) is 20.8 Å². The van der Waals surface area contributed by atoms with E-state index in [1.807, 2.05) is 36.4 Å². The molecule has 0 atom stereocenters. The summed E-state index contributed by atoms with van der Waals surface area (Å²) in [7, 11) is 0. The molecule has 4 nitrogen and oxygen atoms in total. The van der Waals surface area contributed by atoms with Crippen LogP contribution in [0.5, 0.6) is 0 Å². The predicted molar refractivity (Wildman–Crippen MR) is 120 cm³/mol. The summed E-state index contributed by atoms with van der Waals surface area (Å²) in [6.07, 6.45) is 0. The van der Waals surface area contributed by atoms with Gasteiger partial charge in [0.1, 0.15) is 10.8 Å². The van der Waals surface area contributed by atoms with Crippen molar-refractivity contribution in [2.75, 3.05) is 5.32 Å². The second-order valence-electron chi connectivity index (χ2n) is 6.10. The molecule has 0 fully saturated rings. The third-order valence-electron chi connectivity index (χ3n) is 4.09. The number of amides is 1. The van der Waals surface area contributed by atoms with Crippen LogP contribution in [0.3, 0.4) is 0 Å². The summed E-state index contributed by atoms with van der Waals surface area (Å²) in [6, 6.07) is 18.5. The molecule has 0 bridgehead atoms. The molecule has 1 aromatic heterocycles. The number of nitrogens with one attached hydrogen (secondary N) is 2. The van der Waals surface area contributed by atoms with E-state index in [9.17, 15) is 9.18 Å². The Morgan fingerprint density at radius 3 is 2.59 bits per heavy atom. The number of rotatable bonds is 3. The maximum absolute atomic E-state index is 13.0. The van der Waals surface area contributed by atoms with E-state index in [4.69, 9.17) is 23.8 Å². The van der Waals surface area contributed by atoms with Gasteiger partial charge in [-0.15, -0.1) is 11.3 Å². The van der Waals surface area contributed by atoms with Crippen molar-refractivity contribution in [2.45, 2.75) is 0 Å². The number of carbonyl (C=O) groups excluding carboxylic acids is 1. The van der Waals surface area contributed by atoms with Gasteiger partial charge >= 0.3 is 0 Å². The second kappa shape index (κ2) is 8.24. The van der Waals surface area contributed by atoms with E-state index in [0.717, 1.165) is 20.8 Å². The van der Waals surface area contributed by atoms with Crippen LogP contribution < -0.4 is 10.6 Å². The summed E-state index contributed by atoms with van der Waals surface area (Å²) in [5.74, 6) is -0.860. The van der Waals surface area contributed by atoms with Crippen LogP contribution in [0.1, 0.15) is 10.4 Å². The molecule has 1 amide bonds. The summed E-state index contributed by atoms with van der Waals surface area (Å²) in [4.78, 5) is 16.9. The van der Waals surface area contributed by atoms with Crippen LogP contribution in [0, 0.1) is 5.82 Å². The van der Waals surface area contributed by atoms with Gasteiger partial charge in [0.15, 0.2) is 5.11 Å². The van der Waals surface area contributed by atoms with Crippen LogP contribution in [0.15, 0.2) is 66.7 Å². The molecule has 4 aromatic rings. The molecule has 0 unspecified atom stereocenters. The van der Waals surface area contributed by atoms with E-state index in [2.05, 4.69) is 15.6 Å². The lowest BCUT2D eigenvalue weighted by atomic mass is 10.2. The van der Waals surface area contributed by atoms with E-state index >= 15 is 0 Å². The number of benzene rings is 3. The molecular formula is C21H13ClFN3OS2. The molecule has 0 radical (unpaired) electrons. The number of nitrogens with zero attached hydrogens (tertiary/aromatic N) is 1. The molecule has 8 heteroatoms. The molecule has 1 heterocycles. The van der Waals surface area contributed by atoms with E-state index in [-0.39, 0.29) is 5.11 Å². The van der Waals surface area contributed by atoms with Crippen molar-refractivity contribution in [3.05, 3.63) is 83.1 Å². The zero-order valence-electron chi connectivity index (χ0n) is 14.8. The Morgan fingerprint density at radius 2 is 1.83 bits per heavy atom. The van der Waals surface area contributed by atoms with Gasteiger partial charge in [0, 0.05) is 11.1 Å². The number of hydrogen-bond donors (Lipinski definition) is 2. The standard InChI is InChI=1S/C21H13ClFN3OS2/c22-15-10-7-13(20-24-16-3-1-2-4-18(16)29-20)11-17(15)25-21(28)26-19(27)12-5-8-14(23)9-6-12/h1-11H,(H2,25,26,27,28). The summed E-state index contributed by atoms with van der Waals surface area (Å²) >= 11 is 13.1. The molecule has 0 aliphatic carbocycles. The molecule has 3 aromatic carbocycles. The Morgan fingerprint density at radius 1 is 1.07 bits per heavy atom. The smallest absolute Gasteiger partial charge is 0.257 e. The normalized spacial score (nSPS) is 10.7. The van der Waals surface area contributed by atoms with Gasteiger partial charge < -0.3 is 5.32 Å². The minimum absolute atomic E-state index is 0.0858. The van der Waals surface area contributed by atoms with Crippen LogP contribution in [-0.4, -0.2) is 16.0 Å². The second-order valence-corrected chi connectivity index (χ2v) is 7.94. The van der Waals surface area contributed by atoms with Crippen molar-refractivity contribution in [3.8, 4) is 10.6 Å². The number of aromatic nitrogens is 1. The number of para-hydroxylation sites is 1. The summed E-state index contributed by atoms with van der Waals surface area (Å²) in [5, 5.41) is 6.89. The van der Waals surface area contributed by atoms with Crippen molar-refractivity contribution in [2.24, 2.45) is 0 Å². The number of hydrogen-bond acceptors (Lipinski definition) is 4. The van der Waals surface area contributed by atoms with Crippen molar-refractivity contribution < 1.29 is 9.18 Å². The fraction of sp³-hybridized carbons (Fsp3) is 0. The number of fused-ring (bicyclic) bond motifs is 1. The number of carbonyl (C=O) groups is 1. The van der Waals surface area contributed by atoms with Crippen molar-refractivity contribution in [1.82, 2.24) is 10.3 Å². The van der Waals surface area contributed by atoms with Crippen LogP contribution >= 0.6 is 35.2 Å². The van der Waals surface area contributed by atoms with Gasteiger partial charge in [-0.3, -0.25) is 10.1 Å². The van der Waals surface area contributed by atoms with Gasteiger partial charge in [-0.25, -0.2) is 9.37 Å². The summed E-state index contributed by atoms with van der Waals surface area (Å²) in [5.41, 5.74) is 2.66. The van der Waals surface area contributed by atoms with Crippen molar-refractivity contribution >= 4 is 62.1 Å². The summed E-state index contributed by atoms with van der Waals surface area (Å²) < 4.78 is 14.1. The van der Waals surface area contributed by atoms with Gasteiger partial charge in [-0.1, -0.05) is 29.8 Å². The molecule has 144 valence electrons. The van der Waals surface area contributed by atoms with Crippen molar-refractivity contribution in [1.29, 1.82) is 0 Å². The van der Waals surface area contributed by atoms with E-state index in [0.29, 0.717) is 16.3 Å². The Kier molecular flexibility index (Phi) is 5.53. The third kappa shape index (κ3) is 4.42. The number of halogens is 2. The average Bonchev–Trinajstić information content (AvgIpc) is 3.14. The highest BCUT2D eigenvalue weighted by molar-refractivity contribution is 7.80. The Labute approximate surface area is 180 Å². The molecule has 4 rings (SSSR count). The lowest BCUT2D eigenvalue weighted by molar-refractivity contribution is 0.0977. The van der Waals surface area contributed by atoms with Crippen LogP contribution in [0.4, 0.5) is 10.1 Å². The monoisotopic (exact) mass is 441 g/mol. The average molecular weight is 442 g/mol. The minimum atomic E-state index is -0.444. The highest BCUT2D eigenvalue weighted by Gasteiger charge is 2.12.